The second-order valence-corrected chi connectivity index (χ2v) is 19.9. The van der Waals surface area contributed by atoms with Gasteiger partial charge in [-0.3, -0.25) is 14.4 Å². The lowest BCUT2D eigenvalue weighted by atomic mass is 10.0. The van der Waals surface area contributed by atoms with Crippen molar-refractivity contribution in [2.24, 2.45) is 0 Å². The van der Waals surface area contributed by atoms with E-state index >= 15 is 0 Å². The van der Waals surface area contributed by atoms with Gasteiger partial charge in [0.05, 0.1) is 0 Å². The molecule has 1 atom stereocenters. The first kappa shape index (κ1) is 65.4. The Kier molecular flexibility index (Phi) is 54.8. The van der Waals surface area contributed by atoms with Crippen LogP contribution >= 0.6 is 0 Å². The molecule has 0 spiro atoms. The first-order chi connectivity index (χ1) is 33.5. The summed E-state index contributed by atoms with van der Waals surface area (Å²) in [5.41, 5.74) is 0. The molecule has 396 valence electrons. The van der Waals surface area contributed by atoms with Gasteiger partial charge >= 0.3 is 17.9 Å². The first-order valence-corrected chi connectivity index (χ1v) is 29.6. The van der Waals surface area contributed by atoms with Gasteiger partial charge in [-0.05, 0) is 77.0 Å². The van der Waals surface area contributed by atoms with Crippen LogP contribution in [0.1, 0.15) is 310 Å². The Labute approximate surface area is 422 Å². The van der Waals surface area contributed by atoms with Crippen molar-refractivity contribution in [2.75, 3.05) is 13.2 Å². The molecule has 0 heterocycles. The van der Waals surface area contributed by atoms with E-state index in [2.05, 4.69) is 69.4 Å². The van der Waals surface area contributed by atoms with Gasteiger partial charge in [-0.15, -0.1) is 0 Å². The zero-order valence-corrected chi connectivity index (χ0v) is 45.4. The SMILES string of the molecule is CC/C=C\C/C=C\C/C=C\CCCCCC(=O)OC(COC(=O)CCCCCCCCCCCC)COC(=O)CCCCCCCCCCCCCCCCC/C=C\CCCCCCCCCC. The normalized spacial score (nSPS) is 12.3. The van der Waals surface area contributed by atoms with Crippen molar-refractivity contribution in [1.82, 2.24) is 0 Å². The summed E-state index contributed by atoms with van der Waals surface area (Å²) in [4.78, 5) is 38.0. The van der Waals surface area contributed by atoms with Gasteiger partial charge in [0.15, 0.2) is 6.10 Å². The van der Waals surface area contributed by atoms with E-state index in [0.29, 0.717) is 19.3 Å². The number of carbonyl (C=O) groups excluding carboxylic acids is 3. The first-order valence-electron chi connectivity index (χ1n) is 29.6. The number of esters is 3. The number of carbonyl (C=O) groups is 3. The van der Waals surface area contributed by atoms with Crippen LogP contribution < -0.4 is 0 Å². The number of ether oxygens (including phenoxy) is 3. The average molecular weight is 954 g/mol. The zero-order chi connectivity index (χ0) is 49.3. The lowest BCUT2D eigenvalue weighted by Gasteiger charge is -2.18. The van der Waals surface area contributed by atoms with Gasteiger partial charge in [-0.2, -0.15) is 0 Å². The molecule has 0 N–H and O–H groups in total. The largest absolute Gasteiger partial charge is 0.462 e. The smallest absolute Gasteiger partial charge is 0.306 e. The predicted molar refractivity (Wildman–Crippen MR) is 293 cm³/mol. The Bertz CT molecular complexity index is 1190. The lowest BCUT2D eigenvalue weighted by molar-refractivity contribution is -0.167. The molecule has 6 heteroatoms. The third-order valence-electron chi connectivity index (χ3n) is 13.1. The topological polar surface area (TPSA) is 78.9 Å². The van der Waals surface area contributed by atoms with Crippen molar-refractivity contribution < 1.29 is 28.6 Å². The van der Waals surface area contributed by atoms with Gasteiger partial charge in [0.1, 0.15) is 13.2 Å². The number of hydrogen-bond donors (Lipinski definition) is 0. The monoisotopic (exact) mass is 953 g/mol. The molecule has 0 saturated carbocycles. The van der Waals surface area contributed by atoms with Crippen LogP contribution in [0.25, 0.3) is 0 Å². The molecule has 0 aliphatic rings. The fourth-order valence-electron chi connectivity index (χ4n) is 8.63. The molecule has 0 aliphatic carbocycles. The highest BCUT2D eigenvalue weighted by Crippen LogP contribution is 2.17. The number of rotatable bonds is 54. The van der Waals surface area contributed by atoms with Crippen molar-refractivity contribution in [3.8, 4) is 0 Å². The summed E-state index contributed by atoms with van der Waals surface area (Å²) < 4.78 is 16.8. The Morgan fingerprint density at radius 2 is 0.574 bits per heavy atom. The molecule has 0 radical (unpaired) electrons. The highest BCUT2D eigenvalue weighted by molar-refractivity contribution is 5.71. The molecule has 0 aromatic carbocycles. The molecular weight excluding hydrogens is 841 g/mol. The predicted octanol–water partition coefficient (Wildman–Crippen LogP) is 19.8. The summed E-state index contributed by atoms with van der Waals surface area (Å²) in [5, 5.41) is 0. The summed E-state index contributed by atoms with van der Waals surface area (Å²) in [7, 11) is 0. The van der Waals surface area contributed by atoms with E-state index in [1.807, 2.05) is 0 Å². The third-order valence-corrected chi connectivity index (χ3v) is 13.1. The lowest BCUT2D eigenvalue weighted by Crippen LogP contribution is -2.30. The molecule has 0 saturated heterocycles. The minimum atomic E-state index is -0.784. The van der Waals surface area contributed by atoms with Crippen molar-refractivity contribution >= 4 is 17.9 Å². The number of hydrogen-bond acceptors (Lipinski definition) is 6. The minimum absolute atomic E-state index is 0.0818. The van der Waals surface area contributed by atoms with Gasteiger partial charge in [-0.1, -0.05) is 262 Å². The van der Waals surface area contributed by atoms with Gasteiger partial charge in [-0.25, -0.2) is 0 Å². The Morgan fingerprint density at radius 3 is 0.926 bits per heavy atom. The molecule has 0 aromatic rings. The van der Waals surface area contributed by atoms with E-state index in [4.69, 9.17) is 14.2 Å². The van der Waals surface area contributed by atoms with Crippen LogP contribution in [-0.2, 0) is 28.6 Å². The van der Waals surface area contributed by atoms with Crippen molar-refractivity contribution in [3.05, 3.63) is 48.6 Å². The number of unbranched alkanes of at least 4 members (excludes halogenated alkanes) is 35. The standard InChI is InChI=1S/C62H112O6/c1-4-7-10-13-16-19-22-24-25-26-27-28-29-30-31-32-33-34-35-36-37-39-40-43-46-49-52-55-61(64)67-58-59(57-66-60(63)54-51-48-45-42-21-18-15-12-9-6-3)68-62(65)56-53-50-47-44-41-38-23-20-17-14-11-8-5-2/h8,11,17,20,26-27,38,41,59H,4-7,9-10,12-16,18-19,21-25,28-37,39-40,42-58H2,1-3H3/b11-8-,20-17-,27-26-,41-38-. The molecule has 0 aromatic heterocycles. The van der Waals surface area contributed by atoms with E-state index in [0.717, 1.165) is 83.5 Å². The average Bonchev–Trinajstić information content (AvgIpc) is 3.34. The Hall–Kier alpha value is -2.63. The van der Waals surface area contributed by atoms with Crippen molar-refractivity contribution in [2.45, 2.75) is 316 Å². The molecule has 0 amide bonds. The van der Waals surface area contributed by atoms with Gasteiger partial charge in [0, 0.05) is 19.3 Å². The highest BCUT2D eigenvalue weighted by Gasteiger charge is 2.19. The molecule has 0 bridgehead atoms. The number of allylic oxidation sites excluding steroid dienone is 8. The maximum absolute atomic E-state index is 12.8. The van der Waals surface area contributed by atoms with Crippen LogP contribution in [-0.4, -0.2) is 37.2 Å². The molecular formula is C62H112O6. The quantitative estimate of drug-likeness (QED) is 0.0262. The summed E-state index contributed by atoms with van der Waals surface area (Å²) in [6.45, 7) is 6.52. The third kappa shape index (κ3) is 54.3. The van der Waals surface area contributed by atoms with Crippen LogP contribution in [0.4, 0.5) is 0 Å². The van der Waals surface area contributed by atoms with E-state index in [9.17, 15) is 14.4 Å². The van der Waals surface area contributed by atoms with Crippen molar-refractivity contribution in [3.63, 3.8) is 0 Å². The Balaban J connectivity index is 4.14. The molecule has 0 fully saturated rings. The van der Waals surface area contributed by atoms with Gasteiger partial charge in [0.25, 0.3) is 0 Å². The molecule has 68 heavy (non-hydrogen) atoms. The van der Waals surface area contributed by atoms with E-state index in [1.54, 1.807) is 0 Å². The Morgan fingerprint density at radius 1 is 0.309 bits per heavy atom. The molecule has 0 rings (SSSR count). The fraction of sp³-hybridized carbons (Fsp3) is 0.823. The minimum Gasteiger partial charge on any atom is -0.462 e. The van der Waals surface area contributed by atoms with E-state index in [1.165, 1.54) is 186 Å². The van der Waals surface area contributed by atoms with E-state index in [-0.39, 0.29) is 31.1 Å². The van der Waals surface area contributed by atoms with Crippen molar-refractivity contribution in [1.29, 1.82) is 0 Å². The second-order valence-electron chi connectivity index (χ2n) is 19.9. The molecule has 0 aliphatic heterocycles. The molecule has 1 unspecified atom stereocenters. The van der Waals surface area contributed by atoms with Crippen LogP contribution in [0, 0.1) is 0 Å². The summed E-state index contributed by atoms with van der Waals surface area (Å²) >= 11 is 0. The summed E-state index contributed by atoms with van der Waals surface area (Å²) in [6.07, 6.45) is 69.9. The van der Waals surface area contributed by atoms with Crippen LogP contribution in [0.2, 0.25) is 0 Å². The summed E-state index contributed by atoms with van der Waals surface area (Å²) in [6, 6.07) is 0. The maximum atomic E-state index is 12.8. The highest BCUT2D eigenvalue weighted by atomic mass is 16.6. The van der Waals surface area contributed by atoms with Gasteiger partial charge < -0.3 is 14.2 Å². The van der Waals surface area contributed by atoms with E-state index < -0.39 is 6.10 Å². The van der Waals surface area contributed by atoms with Crippen LogP contribution in [0.5, 0.6) is 0 Å². The van der Waals surface area contributed by atoms with Crippen LogP contribution in [0.15, 0.2) is 48.6 Å². The fourth-order valence-corrected chi connectivity index (χ4v) is 8.63. The second kappa shape index (κ2) is 57.0. The molecule has 6 nitrogen and oxygen atoms in total. The zero-order valence-electron chi connectivity index (χ0n) is 45.4. The van der Waals surface area contributed by atoms with Gasteiger partial charge in [0.2, 0.25) is 0 Å². The van der Waals surface area contributed by atoms with Crippen LogP contribution in [0.3, 0.4) is 0 Å². The summed E-state index contributed by atoms with van der Waals surface area (Å²) in [5.74, 6) is -0.900. The maximum Gasteiger partial charge on any atom is 0.306 e.